The molecule has 0 aliphatic heterocycles. The molecule has 0 atom stereocenters. The van der Waals surface area contributed by atoms with Crippen molar-refractivity contribution >= 4 is 17.5 Å². The van der Waals surface area contributed by atoms with Gasteiger partial charge < -0.3 is 5.32 Å². The zero-order chi connectivity index (χ0) is 11.9. The fourth-order valence-electron chi connectivity index (χ4n) is 1.85. The van der Waals surface area contributed by atoms with Crippen molar-refractivity contribution in [2.75, 3.05) is 5.88 Å². The highest BCUT2D eigenvalue weighted by Crippen LogP contribution is 2.36. The van der Waals surface area contributed by atoms with Gasteiger partial charge in [0.15, 0.2) is 0 Å². The van der Waals surface area contributed by atoms with E-state index < -0.39 is 0 Å². The van der Waals surface area contributed by atoms with Crippen LogP contribution in [-0.4, -0.2) is 27.1 Å². The van der Waals surface area contributed by atoms with Crippen LogP contribution in [0.15, 0.2) is 0 Å². The van der Waals surface area contributed by atoms with Crippen LogP contribution in [0.25, 0.3) is 0 Å². The van der Waals surface area contributed by atoms with Gasteiger partial charge >= 0.3 is 0 Å². The van der Waals surface area contributed by atoms with Crippen LogP contribution in [0.3, 0.4) is 0 Å². The van der Waals surface area contributed by atoms with E-state index in [1.165, 1.54) is 0 Å². The van der Waals surface area contributed by atoms with Crippen molar-refractivity contribution in [3.63, 3.8) is 0 Å². The third kappa shape index (κ3) is 1.82. The Morgan fingerprint density at radius 2 is 2.19 bits per heavy atom. The second-order valence-corrected chi connectivity index (χ2v) is 4.80. The molecule has 4 nitrogen and oxygen atoms in total. The minimum absolute atomic E-state index is 0.0544. The Hall–Kier alpha value is -1.03. The van der Waals surface area contributed by atoms with Crippen LogP contribution in [0, 0.1) is 13.8 Å². The number of amides is 1. The number of nitrogens with zero attached hydrogens (tertiary/aromatic N) is 2. The molecule has 1 aliphatic carbocycles. The monoisotopic (exact) mass is 241 g/mol. The first kappa shape index (κ1) is 11.5. The SMILES string of the molecule is Cc1nn(C)c(C)c1C(=O)NC1(CCl)CC1. The van der Waals surface area contributed by atoms with Crippen LogP contribution in [0.5, 0.6) is 0 Å². The highest BCUT2D eigenvalue weighted by atomic mass is 35.5. The molecule has 2 rings (SSSR count). The molecule has 1 aliphatic rings. The number of aromatic nitrogens is 2. The number of rotatable bonds is 3. The topological polar surface area (TPSA) is 46.9 Å². The maximum Gasteiger partial charge on any atom is 0.255 e. The third-order valence-corrected chi connectivity index (χ3v) is 3.74. The van der Waals surface area contributed by atoms with E-state index in [-0.39, 0.29) is 11.4 Å². The zero-order valence-corrected chi connectivity index (χ0v) is 10.6. The molecule has 1 aromatic rings. The second kappa shape index (κ2) is 3.77. The average Bonchev–Trinajstić information content (AvgIpc) is 2.92. The first-order valence-electron chi connectivity index (χ1n) is 5.38. The van der Waals surface area contributed by atoms with Gasteiger partial charge in [0.1, 0.15) is 0 Å². The zero-order valence-electron chi connectivity index (χ0n) is 9.80. The molecule has 1 fully saturated rings. The quantitative estimate of drug-likeness (QED) is 0.816. The highest BCUT2D eigenvalue weighted by molar-refractivity contribution is 6.19. The third-order valence-electron chi connectivity index (χ3n) is 3.22. The molecule has 1 amide bonds. The molecule has 16 heavy (non-hydrogen) atoms. The van der Waals surface area contributed by atoms with E-state index in [0.717, 1.165) is 24.2 Å². The lowest BCUT2D eigenvalue weighted by Gasteiger charge is -2.13. The van der Waals surface area contributed by atoms with Gasteiger partial charge in [0.2, 0.25) is 0 Å². The van der Waals surface area contributed by atoms with Gasteiger partial charge in [-0.25, -0.2) is 0 Å². The van der Waals surface area contributed by atoms with Crippen LogP contribution < -0.4 is 5.32 Å². The summed E-state index contributed by atoms with van der Waals surface area (Å²) in [6, 6.07) is 0. The van der Waals surface area contributed by atoms with E-state index in [1.807, 2.05) is 20.9 Å². The molecule has 1 aromatic heterocycles. The van der Waals surface area contributed by atoms with Gasteiger partial charge in [0.05, 0.1) is 16.8 Å². The Balaban J connectivity index is 2.21. The second-order valence-electron chi connectivity index (χ2n) is 4.54. The molecule has 0 bridgehead atoms. The summed E-state index contributed by atoms with van der Waals surface area (Å²) >= 11 is 5.84. The van der Waals surface area contributed by atoms with Crippen molar-refractivity contribution in [1.29, 1.82) is 0 Å². The number of halogens is 1. The van der Waals surface area contributed by atoms with Crippen molar-refractivity contribution in [3.05, 3.63) is 17.0 Å². The van der Waals surface area contributed by atoms with Crippen LogP contribution in [0.1, 0.15) is 34.6 Å². The van der Waals surface area contributed by atoms with Crippen LogP contribution in [0.2, 0.25) is 0 Å². The summed E-state index contributed by atoms with van der Waals surface area (Å²) in [7, 11) is 1.84. The summed E-state index contributed by atoms with van der Waals surface area (Å²) in [5.74, 6) is 0.429. The van der Waals surface area contributed by atoms with Crippen LogP contribution in [0.4, 0.5) is 0 Å². The van der Waals surface area contributed by atoms with E-state index in [2.05, 4.69) is 10.4 Å². The number of carbonyl (C=O) groups excluding carboxylic acids is 1. The first-order valence-corrected chi connectivity index (χ1v) is 5.91. The number of nitrogens with one attached hydrogen (secondary N) is 1. The molecule has 0 radical (unpaired) electrons. The van der Waals surface area contributed by atoms with Crippen molar-refractivity contribution in [1.82, 2.24) is 15.1 Å². The number of hydrogen-bond donors (Lipinski definition) is 1. The lowest BCUT2D eigenvalue weighted by atomic mass is 10.1. The summed E-state index contributed by atoms with van der Waals surface area (Å²) in [4.78, 5) is 12.1. The molecule has 0 spiro atoms. The molecule has 1 heterocycles. The molecule has 0 unspecified atom stereocenters. The summed E-state index contributed by atoms with van der Waals surface area (Å²) in [5.41, 5.74) is 2.18. The van der Waals surface area contributed by atoms with Gasteiger partial charge in [0, 0.05) is 18.6 Å². The predicted octanol–water partition coefficient (Wildman–Crippen LogP) is 1.54. The lowest BCUT2D eigenvalue weighted by molar-refractivity contribution is 0.0934. The van der Waals surface area contributed by atoms with E-state index in [9.17, 15) is 4.79 Å². The number of carbonyl (C=O) groups is 1. The molecule has 1 saturated carbocycles. The fourth-order valence-corrected chi connectivity index (χ4v) is 2.18. The summed E-state index contributed by atoms with van der Waals surface area (Å²) in [6.07, 6.45) is 1.95. The van der Waals surface area contributed by atoms with Crippen LogP contribution >= 0.6 is 11.6 Å². The first-order chi connectivity index (χ1) is 7.49. The van der Waals surface area contributed by atoms with Crippen molar-refractivity contribution in [3.8, 4) is 0 Å². The van der Waals surface area contributed by atoms with Gasteiger partial charge in [-0.2, -0.15) is 5.10 Å². The minimum Gasteiger partial charge on any atom is -0.345 e. The van der Waals surface area contributed by atoms with E-state index >= 15 is 0 Å². The average molecular weight is 242 g/mol. The Morgan fingerprint density at radius 3 is 2.56 bits per heavy atom. The van der Waals surface area contributed by atoms with Crippen molar-refractivity contribution in [2.45, 2.75) is 32.2 Å². The molecule has 1 N–H and O–H groups in total. The Morgan fingerprint density at radius 1 is 1.56 bits per heavy atom. The standard InChI is InChI=1S/C11H16ClN3O/c1-7-9(8(2)15(3)14-7)10(16)13-11(6-12)4-5-11/h4-6H2,1-3H3,(H,13,16). The highest BCUT2D eigenvalue weighted by Gasteiger charge is 2.43. The summed E-state index contributed by atoms with van der Waals surface area (Å²) < 4.78 is 1.73. The van der Waals surface area contributed by atoms with E-state index in [4.69, 9.17) is 11.6 Å². The number of hydrogen-bond acceptors (Lipinski definition) is 2. The molecule has 88 valence electrons. The normalized spacial score (nSPS) is 17.2. The Kier molecular flexibility index (Phi) is 2.70. The van der Waals surface area contributed by atoms with Crippen LogP contribution in [-0.2, 0) is 7.05 Å². The lowest BCUT2D eigenvalue weighted by Crippen LogP contribution is -2.38. The molecule has 0 aromatic carbocycles. The van der Waals surface area contributed by atoms with E-state index in [1.54, 1.807) is 4.68 Å². The van der Waals surface area contributed by atoms with E-state index in [0.29, 0.717) is 11.4 Å². The molecule has 5 heteroatoms. The maximum atomic E-state index is 12.1. The summed E-state index contributed by atoms with van der Waals surface area (Å²) in [5, 5.41) is 7.23. The molecular weight excluding hydrogens is 226 g/mol. The van der Waals surface area contributed by atoms with Crippen molar-refractivity contribution < 1.29 is 4.79 Å². The predicted molar refractivity (Wildman–Crippen MR) is 62.8 cm³/mol. The maximum absolute atomic E-state index is 12.1. The number of alkyl halides is 1. The number of aryl methyl sites for hydroxylation is 2. The van der Waals surface area contributed by atoms with Gasteiger partial charge in [0.25, 0.3) is 5.91 Å². The Bertz CT molecular complexity index is 435. The smallest absolute Gasteiger partial charge is 0.255 e. The molecular formula is C11H16ClN3O. The minimum atomic E-state index is -0.159. The fraction of sp³-hybridized carbons (Fsp3) is 0.636. The molecule has 0 saturated heterocycles. The van der Waals surface area contributed by atoms with Gasteiger partial charge in [-0.15, -0.1) is 11.6 Å². The van der Waals surface area contributed by atoms with Crippen molar-refractivity contribution in [2.24, 2.45) is 7.05 Å². The van der Waals surface area contributed by atoms with Gasteiger partial charge in [-0.1, -0.05) is 0 Å². The Labute approximate surface area is 100.0 Å². The van der Waals surface area contributed by atoms with Gasteiger partial charge in [-0.05, 0) is 26.7 Å². The summed E-state index contributed by atoms with van der Waals surface area (Å²) in [6.45, 7) is 3.75. The van der Waals surface area contributed by atoms with Gasteiger partial charge in [-0.3, -0.25) is 9.48 Å². The largest absolute Gasteiger partial charge is 0.345 e.